The van der Waals surface area contributed by atoms with Crippen LogP contribution in [0.15, 0.2) is 44.0 Å². The number of fused-ring (bicyclic) bond motifs is 1. The van der Waals surface area contributed by atoms with Gasteiger partial charge in [0, 0.05) is 36.3 Å². The summed E-state index contributed by atoms with van der Waals surface area (Å²) in [4.78, 5) is 27.8. The Labute approximate surface area is 239 Å². The van der Waals surface area contributed by atoms with Gasteiger partial charge in [-0.05, 0) is 67.7 Å². The molecule has 1 amide bonds. The third kappa shape index (κ3) is 5.88. The molecule has 2 aromatic heterocycles. The van der Waals surface area contributed by atoms with Crippen LogP contribution in [0.2, 0.25) is 0 Å². The van der Waals surface area contributed by atoms with E-state index in [-0.39, 0.29) is 39.6 Å². The number of benzene rings is 2. The summed E-state index contributed by atoms with van der Waals surface area (Å²) in [5.74, 6) is -2.49. The van der Waals surface area contributed by atoms with Crippen molar-refractivity contribution in [3.05, 3.63) is 68.4 Å². The molecule has 0 unspecified atom stereocenters. The summed E-state index contributed by atoms with van der Waals surface area (Å²) in [7, 11) is 0. The van der Waals surface area contributed by atoms with Crippen LogP contribution in [0, 0.1) is 11.6 Å². The predicted octanol–water partition coefficient (Wildman–Crippen LogP) is 6.45. The number of likely N-dealkylation sites (tertiary alicyclic amines) is 1. The molecule has 2 aromatic carbocycles. The Morgan fingerprint density at radius 1 is 1.10 bits per heavy atom. The van der Waals surface area contributed by atoms with E-state index in [1.807, 2.05) is 0 Å². The van der Waals surface area contributed by atoms with Crippen molar-refractivity contribution in [2.24, 2.45) is 0 Å². The van der Waals surface area contributed by atoms with Crippen LogP contribution in [-0.4, -0.2) is 49.0 Å². The van der Waals surface area contributed by atoms with Crippen LogP contribution in [0.25, 0.3) is 22.5 Å². The van der Waals surface area contributed by atoms with Gasteiger partial charge in [0.2, 0.25) is 5.89 Å². The monoisotopic (exact) mass is 639 g/mol. The minimum atomic E-state index is -2.96. The summed E-state index contributed by atoms with van der Waals surface area (Å²) in [5, 5.41) is 6.77. The molecule has 9 nitrogen and oxygen atoms in total. The molecule has 1 fully saturated rings. The van der Waals surface area contributed by atoms with Crippen molar-refractivity contribution in [3.63, 3.8) is 0 Å². The third-order valence-electron chi connectivity index (χ3n) is 6.74. The fourth-order valence-electron chi connectivity index (χ4n) is 4.83. The van der Waals surface area contributed by atoms with Gasteiger partial charge in [-0.2, -0.15) is 8.78 Å². The van der Waals surface area contributed by atoms with Crippen LogP contribution in [-0.2, 0) is 11.3 Å². The SMILES string of the molecule is CC(C)(C)OC(=O)N1CCC(n2c(=O)n(Cc3ccc(-c4nnc(C(F)F)o4)cc3F)c3cc(F)c(Br)cc32)CC1. The zero-order chi connectivity index (χ0) is 29.6. The Morgan fingerprint density at radius 2 is 1.80 bits per heavy atom. The second kappa shape index (κ2) is 11.0. The Kier molecular flexibility index (Phi) is 7.70. The molecule has 218 valence electrons. The maximum Gasteiger partial charge on any atom is 0.410 e. The zero-order valence-corrected chi connectivity index (χ0v) is 23.9. The number of rotatable bonds is 5. The molecule has 5 rings (SSSR count). The number of ether oxygens (including phenoxy) is 1. The fourth-order valence-corrected chi connectivity index (χ4v) is 5.16. The number of piperidine rings is 1. The van der Waals surface area contributed by atoms with Crippen LogP contribution in [0.4, 0.5) is 22.4 Å². The summed E-state index contributed by atoms with van der Waals surface area (Å²) >= 11 is 3.19. The molecule has 14 heteroatoms. The summed E-state index contributed by atoms with van der Waals surface area (Å²) in [5.41, 5.74) is -0.176. The highest BCUT2D eigenvalue weighted by molar-refractivity contribution is 9.10. The Hall–Kier alpha value is -3.68. The minimum Gasteiger partial charge on any atom is -0.444 e. The molecule has 4 aromatic rings. The van der Waals surface area contributed by atoms with E-state index < -0.39 is 41.3 Å². The van der Waals surface area contributed by atoms with E-state index in [1.54, 1.807) is 30.2 Å². The molecule has 0 spiro atoms. The number of aromatic nitrogens is 4. The van der Waals surface area contributed by atoms with Gasteiger partial charge in [-0.1, -0.05) is 6.07 Å². The zero-order valence-electron chi connectivity index (χ0n) is 22.3. The number of hydrogen-bond acceptors (Lipinski definition) is 6. The average molecular weight is 640 g/mol. The fraction of sp³-hybridized carbons (Fsp3) is 0.407. The van der Waals surface area contributed by atoms with Crippen molar-refractivity contribution < 1.29 is 31.5 Å². The second-order valence-electron chi connectivity index (χ2n) is 10.7. The smallest absolute Gasteiger partial charge is 0.410 e. The molecule has 0 bridgehead atoms. The van der Waals surface area contributed by atoms with Gasteiger partial charge >= 0.3 is 18.2 Å². The highest BCUT2D eigenvalue weighted by Gasteiger charge is 2.30. The lowest BCUT2D eigenvalue weighted by Gasteiger charge is -2.33. The molecule has 0 aliphatic carbocycles. The van der Waals surface area contributed by atoms with Crippen LogP contribution in [0.1, 0.15) is 57.5 Å². The van der Waals surface area contributed by atoms with E-state index in [1.165, 1.54) is 28.8 Å². The predicted molar refractivity (Wildman–Crippen MR) is 144 cm³/mol. The lowest BCUT2D eigenvalue weighted by molar-refractivity contribution is 0.0188. The van der Waals surface area contributed by atoms with Gasteiger partial charge in [0.15, 0.2) is 0 Å². The molecule has 41 heavy (non-hydrogen) atoms. The first-order valence-electron chi connectivity index (χ1n) is 12.8. The first kappa shape index (κ1) is 28.8. The number of halogens is 5. The van der Waals surface area contributed by atoms with E-state index in [9.17, 15) is 22.8 Å². The van der Waals surface area contributed by atoms with Crippen molar-refractivity contribution in [2.75, 3.05) is 13.1 Å². The van der Waals surface area contributed by atoms with Crippen LogP contribution < -0.4 is 5.69 Å². The van der Waals surface area contributed by atoms with Crippen molar-refractivity contribution >= 4 is 33.1 Å². The highest BCUT2D eigenvalue weighted by Crippen LogP contribution is 2.31. The first-order valence-corrected chi connectivity index (χ1v) is 13.6. The highest BCUT2D eigenvalue weighted by atomic mass is 79.9. The standard InChI is InChI=1S/C27H26BrF4N5O4/c1-27(2,3)41-26(39)35-8-6-16(7-9-35)37-21-11-17(28)19(30)12-20(21)36(25(37)38)13-15-5-4-14(10-18(15)29)23-33-34-24(40-23)22(31)32/h4-5,10-12,16,22H,6-9,13H2,1-3H3. The van der Waals surface area contributed by atoms with Gasteiger partial charge < -0.3 is 14.1 Å². The number of nitrogens with zero attached hydrogens (tertiary/aromatic N) is 5. The summed E-state index contributed by atoms with van der Waals surface area (Å²) in [6.45, 7) is 5.85. The van der Waals surface area contributed by atoms with Crippen LogP contribution in [0.5, 0.6) is 0 Å². The lowest BCUT2D eigenvalue weighted by atomic mass is 10.0. The second-order valence-corrected chi connectivity index (χ2v) is 11.6. The van der Waals surface area contributed by atoms with Gasteiger partial charge in [0.1, 0.15) is 17.2 Å². The van der Waals surface area contributed by atoms with Crippen LogP contribution >= 0.6 is 15.9 Å². The van der Waals surface area contributed by atoms with Crippen LogP contribution in [0.3, 0.4) is 0 Å². The largest absolute Gasteiger partial charge is 0.444 e. The molecule has 0 saturated carbocycles. The summed E-state index contributed by atoms with van der Waals surface area (Å²) in [6.07, 6.45) is -2.47. The van der Waals surface area contributed by atoms with E-state index in [2.05, 4.69) is 26.1 Å². The van der Waals surface area contributed by atoms with Gasteiger partial charge in [-0.3, -0.25) is 9.13 Å². The average Bonchev–Trinajstić information content (AvgIpc) is 3.49. The molecule has 0 radical (unpaired) electrons. The quantitative estimate of drug-likeness (QED) is 0.233. The molecular weight excluding hydrogens is 614 g/mol. The molecule has 0 atom stereocenters. The number of alkyl halides is 2. The van der Waals surface area contributed by atoms with E-state index >= 15 is 4.39 Å². The topological polar surface area (TPSA) is 95.4 Å². The molecular formula is C27H26BrF4N5O4. The van der Waals surface area contributed by atoms with Gasteiger partial charge in [0.25, 0.3) is 5.89 Å². The molecule has 1 saturated heterocycles. The summed E-state index contributed by atoms with van der Waals surface area (Å²) < 4.78 is 68.7. The Morgan fingerprint density at radius 3 is 2.41 bits per heavy atom. The lowest BCUT2D eigenvalue weighted by Crippen LogP contribution is -2.43. The third-order valence-corrected chi connectivity index (χ3v) is 7.35. The first-order chi connectivity index (χ1) is 19.3. The Bertz CT molecular complexity index is 1670. The normalized spacial score (nSPS) is 14.8. The number of carbonyl (C=O) groups is 1. The van der Waals surface area contributed by atoms with Crippen molar-refractivity contribution in [1.29, 1.82) is 0 Å². The minimum absolute atomic E-state index is 0.0900. The van der Waals surface area contributed by atoms with Gasteiger partial charge in [-0.15, -0.1) is 10.2 Å². The number of carbonyl (C=O) groups excluding carboxylic acids is 1. The summed E-state index contributed by atoms with van der Waals surface area (Å²) in [6, 6.07) is 6.26. The maximum atomic E-state index is 15.2. The maximum absolute atomic E-state index is 15.2. The van der Waals surface area contributed by atoms with Gasteiger partial charge in [0.05, 0.1) is 22.1 Å². The van der Waals surface area contributed by atoms with E-state index in [0.29, 0.717) is 31.4 Å². The number of hydrogen-bond donors (Lipinski definition) is 0. The van der Waals surface area contributed by atoms with E-state index in [0.717, 1.165) is 6.07 Å². The van der Waals surface area contributed by atoms with Crippen molar-refractivity contribution in [1.82, 2.24) is 24.2 Å². The van der Waals surface area contributed by atoms with Crippen molar-refractivity contribution in [3.8, 4) is 11.5 Å². The van der Waals surface area contributed by atoms with Gasteiger partial charge in [-0.25, -0.2) is 18.4 Å². The van der Waals surface area contributed by atoms with E-state index in [4.69, 9.17) is 9.15 Å². The number of imidazole rings is 1. The molecule has 0 N–H and O–H groups in total. The van der Waals surface area contributed by atoms with Crippen molar-refractivity contribution in [2.45, 2.75) is 58.2 Å². The number of amides is 1. The Balaban J connectivity index is 1.45. The molecule has 3 heterocycles. The molecule has 1 aliphatic heterocycles. The molecule has 1 aliphatic rings.